The van der Waals surface area contributed by atoms with Crippen molar-refractivity contribution in [3.8, 4) is 5.88 Å². The van der Waals surface area contributed by atoms with Crippen molar-refractivity contribution in [2.24, 2.45) is 4.99 Å². The molecule has 0 aliphatic rings. The summed E-state index contributed by atoms with van der Waals surface area (Å²) >= 11 is 1.68. The van der Waals surface area contributed by atoms with Crippen LogP contribution in [0.4, 0.5) is 0 Å². The molecule has 0 radical (unpaired) electrons. The molecule has 0 fully saturated rings. The van der Waals surface area contributed by atoms with Crippen molar-refractivity contribution in [3.63, 3.8) is 0 Å². The van der Waals surface area contributed by atoms with Crippen LogP contribution < -0.4 is 15.4 Å². The van der Waals surface area contributed by atoms with Crippen LogP contribution in [0.5, 0.6) is 5.88 Å². The summed E-state index contributed by atoms with van der Waals surface area (Å²) in [6.45, 7) is 11.1. The highest BCUT2D eigenvalue weighted by Gasteiger charge is 2.07. The van der Waals surface area contributed by atoms with E-state index in [1.54, 1.807) is 17.5 Å². The molecule has 0 amide bonds. The molecule has 0 spiro atoms. The minimum atomic E-state index is 0.453. The monoisotopic (exact) mass is 375 g/mol. The Morgan fingerprint density at radius 2 is 2.15 bits per heavy atom. The van der Waals surface area contributed by atoms with Crippen LogP contribution in [0.2, 0.25) is 0 Å². The average molecular weight is 376 g/mol. The van der Waals surface area contributed by atoms with Gasteiger partial charge in [0, 0.05) is 23.7 Å². The van der Waals surface area contributed by atoms with Gasteiger partial charge in [0.05, 0.1) is 25.4 Å². The molecular formula is C19H29N5OS. The van der Waals surface area contributed by atoms with Crippen LogP contribution in [-0.4, -0.2) is 29.1 Å². The van der Waals surface area contributed by atoms with Gasteiger partial charge in [0.2, 0.25) is 5.88 Å². The molecule has 7 heteroatoms. The van der Waals surface area contributed by atoms with E-state index in [0.29, 0.717) is 31.5 Å². The van der Waals surface area contributed by atoms with E-state index in [4.69, 9.17) is 4.74 Å². The Morgan fingerprint density at radius 3 is 2.85 bits per heavy atom. The maximum atomic E-state index is 5.70. The molecule has 0 atom stereocenters. The fraction of sp³-hybridized carbons (Fsp3) is 0.526. The molecule has 0 aromatic carbocycles. The molecule has 2 aromatic rings. The summed E-state index contributed by atoms with van der Waals surface area (Å²) in [4.78, 5) is 13.6. The normalized spacial score (nSPS) is 11.7. The third-order valence-corrected chi connectivity index (χ3v) is 4.48. The summed E-state index contributed by atoms with van der Waals surface area (Å²) in [6.07, 6.45) is 2.70. The van der Waals surface area contributed by atoms with Gasteiger partial charge >= 0.3 is 0 Å². The van der Waals surface area contributed by atoms with E-state index in [0.717, 1.165) is 35.2 Å². The van der Waals surface area contributed by atoms with Gasteiger partial charge in [0.25, 0.3) is 0 Å². The largest absolute Gasteiger partial charge is 0.477 e. The topological polar surface area (TPSA) is 71.4 Å². The Balaban J connectivity index is 1.99. The van der Waals surface area contributed by atoms with Crippen LogP contribution in [0.3, 0.4) is 0 Å². The number of ether oxygens (including phenoxy) is 1. The molecule has 0 saturated heterocycles. The van der Waals surface area contributed by atoms with E-state index in [1.807, 2.05) is 12.1 Å². The third kappa shape index (κ3) is 6.29. The molecule has 0 saturated carbocycles. The van der Waals surface area contributed by atoms with Gasteiger partial charge in [-0.2, -0.15) is 0 Å². The van der Waals surface area contributed by atoms with Gasteiger partial charge in [0.15, 0.2) is 5.96 Å². The minimum absolute atomic E-state index is 0.453. The van der Waals surface area contributed by atoms with Gasteiger partial charge in [-0.25, -0.2) is 15.0 Å². The summed E-state index contributed by atoms with van der Waals surface area (Å²) < 4.78 is 5.70. The molecule has 26 heavy (non-hydrogen) atoms. The number of rotatable bonds is 9. The summed E-state index contributed by atoms with van der Waals surface area (Å²) in [5, 5.41) is 9.80. The smallest absolute Gasteiger partial charge is 0.218 e. The zero-order valence-electron chi connectivity index (χ0n) is 16.1. The first-order valence-corrected chi connectivity index (χ1v) is 10.0. The maximum Gasteiger partial charge on any atom is 0.218 e. The Kier molecular flexibility index (Phi) is 8.34. The second-order valence-corrected chi connectivity index (χ2v) is 7.13. The molecule has 0 unspecified atom stereocenters. The van der Waals surface area contributed by atoms with Crippen molar-refractivity contribution in [2.75, 3.05) is 13.2 Å². The lowest BCUT2D eigenvalue weighted by atomic mass is 10.2. The first kappa shape index (κ1) is 20.2. The molecule has 142 valence electrons. The Labute approximate surface area is 160 Å². The summed E-state index contributed by atoms with van der Waals surface area (Å²) in [5.41, 5.74) is 2.12. The summed E-state index contributed by atoms with van der Waals surface area (Å²) in [6, 6.07) is 3.91. The average Bonchev–Trinajstić information content (AvgIpc) is 3.12. The van der Waals surface area contributed by atoms with Crippen LogP contribution in [0.15, 0.2) is 28.7 Å². The van der Waals surface area contributed by atoms with Gasteiger partial charge in [-0.1, -0.05) is 26.8 Å². The SMILES string of the molecule is CCCOc1ncccc1CN=C(NCC)NCc1nc(C(C)C)cs1. The second-order valence-electron chi connectivity index (χ2n) is 6.19. The molecule has 0 bridgehead atoms. The summed E-state index contributed by atoms with van der Waals surface area (Å²) in [7, 11) is 0. The predicted molar refractivity (Wildman–Crippen MR) is 108 cm³/mol. The number of pyridine rings is 1. The third-order valence-electron chi connectivity index (χ3n) is 3.61. The van der Waals surface area contributed by atoms with Crippen LogP contribution in [-0.2, 0) is 13.1 Å². The molecule has 0 aliphatic carbocycles. The lowest BCUT2D eigenvalue weighted by Gasteiger charge is -2.11. The van der Waals surface area contributed by atoms with Gasteiger partial charge in [-0.05, 0) is 25.3 Å². The first-order chi connectivity index (χ1) is 12.6. The molecule has 2 heterocycles. The van der Waals surface area contributed by atoms with Crippen molar-refractivity contribution in [2.45, 2.75) is 53.1 Å². The van der Waals surface area contributed by atoms with E-state index in [-0.39, 0.29) is 0 Å². The van der Waals surface area contributed by atoms with Gasteiger partial charge in [0.1, 0.15) is 5.01 Å². The van der Waals surface area contributed by atoms with Crippen LogP contribution >= 0.6 is 11.3 Å². The van der Waals surface area contributed by atoms with E-state index >= 15 is 0 Å². The van der Waals surface area contributed by atoms with Crippen molar-refractivity contribution in [1.82, 2.24) is 20.6 Å². The Morgan fingerprint density at radius 1 is 1.31 bits per heavy atom. The Bertz CT molecular complexity index is 699. The quantitative estimate of drug-likeness (QED) is 0.516. The number of thiazole rings is 1. The molecule has 6 nitrogen and oxygen atoms in total. The number of nitrogens with one attached hydrogen (secondary N) is 2. The lowest BCUT2D eigenvalue weighted by Crippen LogP contribution is -2.36. The van der Waals surface area contributed by atoms with E-state index in [1.165, 1.54) is 0 Å². The molecule has 2 aromatic heterocycles. The zero-order valence-corrected chi connectivity index (χ0v) is 16.9. The van der Waals surface area contributed by atoms with Gasteiger partial charge < -0.3 is 15.4 Å². The maximum absolute atomic E-state index is 5.70. The number of hydrogen-bond donors (Lipinski definition) is 2. The fourth-order valence-electron chi connectivity index (χ4n) is 2.21. The fourth-order valence-corrected chi connectivity index (χ4v) is 3.11. The molecule has 0 aliphatic heterocycles. The first-order valence-electron chi connectivity index (χ1n) is 9.17. The van der Waals surface area contributed by atoms with E-state index < -0.39 is 0 Å². The molecule has 2 N–H and O–H groups in total. The van der Waals surface area contributed by atoms with Crippen molar-refractivity contribution >= 4 is 17.3 Å². The number of hydrogen-bond acceptors (Lipinski definition) is 5. The number of nitrogens with zero attached hydrogens (tertiary/aromatic N) is 3. The Hall–Kier alpha value is -2.15. The second kappa shape index (κ2) is 10.8. The summed E-state index contributed by atoms with van der Waals surface area (Å²) in [5.74, 6) is 1.88. The number of guanidine groups is 1. The minimum Gasteiger partial charge on any atom is -0.477 e. The van der Waals surface area contributed by atoms with Crippen LogP contribution in [0, 0.1) is 0 Å². The van der Waals surface area contributed by atoms with Crippen molar-refractivity contribution in [1.29, 1.82) is 0 Å². The predicted octanol–water partition coefficient (Wildman–Crippen LogP) is 3.71. The highest BCUT2D eigenvalue weighted by atomic mass is 32.1. The standard InChI is InChI=1S/C19H29N5OS/c1-5-10-25-18-15(8-7-9-21-18)11-22-19(20-6-2)23-12-17-24-16(13-26-17)14(3)4/h7-9,13-14H,5-6,10-12H2,1-4H3,(H2,20,22,23). The van der Waals surface area contributed by atoms with E-state index in [9.17, 15) is 0 Å². The highest BCUT2D eigenvalue weighted by molar-refractivity contribution is 7.09. The van der Waals surface area contributed by atoms with Crippen molar-refractivity contribution < 1.29 is 4.74 Å². The van der Waals surface area contributed by atoms with Gasteiger partial charge in [-0.3, -0.25) is 0 Å². The highest BCUT2D eigenvalue weighted by Crippen LogP contribution is 2.18. The van der Waals surface area contributed by atoms with Gasteiger partial charge in [-0.15, -0.1) is 11.3 Å². The number of aromatic nitrogens is 2. The van der Waals surface area contributed by atoms with Crippen molar-refractivity contribution in [3.05, 3.63) is 40.0 Å². The van der Waals surface area contributed by atoms with E-state index in [2.05, 4.69) is 58.7 Å². The molecular weight excluding hydrogens is 346 g/mol. The molecule has 2 rings (SSSR count). The zero-order chi connectivity index (χ0) is 18.8. The van der Waals surface area contributed by atoms with Crippen LogP contribution in [0.25, 0.3) is 0 Å². The van der Waals surface area contributed by atoms with Crippen LogP contribution in [0.1, 0.15) is 56.3 Å². The number of aliphatic imine (C=N–C) groups is 1. The lowest BCUT2D eigenvalue weighted by molar-refractivity contribution is 0.302.